The largest absolute Gasteiger partial charge is 0.422 e. The summed E-state index contributed by atoms with van der Waals surface area (Å²) >= 11 is 29.3. The van der Waals surface area contributed by atoms with Gasteiger partial charge in [0.25, 0.3) is 0 Å². The summed E-state index contributed by atoms with van der Waals surface area (Å²) in [6.45, 7) is 0. The molecule has 1 aromatic heterocycles. The van der Waals surface area contributed by atoms with Gasteiger partial charge in [0.05, 0.1) is 15.6 Å². The van der Waals surface area contributed by atoms with Crippen molar-refractivity contribution in [1.82, 2.24) is 0 Å². The van der Waals surface area contributed by atoms with Crippen LogP contribution in [0, 0.1) is 0 Å². The lowest BCUT2D eigenvalue weighted by atomic mass is 10.1. The second-order valence-electron chi connectivity index (χ2n) is 7.42. The van der Waals surface area contributed by atoms with E-state index in [2.05, 4.69) is 20.9 Å². The molecule has 0 amide bonds. The Kier molecular flexibility index (Phi) is 7.14. The van der Waals surface area contributed by atoms with E-state index in [1.54, 1.807) is 36.4 Å². The minimum atomic E-state index is -0.687. The summed E-state index contributed by atoms with van der Waals surface area (Å²) in [5.74, 6) is -1.09. The van der Waals surface area contributed by atoms with E-state index in [-0.39, 0.29) is 27.9 Å². The van der Waals surface area contributed by atoms with E-state index in [1.165, 1.54) is 35.6 Å². The summed E-state index contributed by atoms with van der Waals surface area (Å²) in [6, 6.07) is 14.7. The van der Waals surface area contributed by atoms with E-state index in [0.29, 0.717) is 30.0 Å². The van der Waals surface area contributed by atoms with Crippen LogP contribution in [0.1, 0.15) is 20.8 Å². The van der Waals surface area contributed by atoms with Gasteiger partial charge in [0.15, 0.2) is 5.70 Å². The molecule has 1 aliphatic rings. The van der Waals surface area contributed by atoms with Crippen LogP contribution in [0.15, 0.2) is 69.8 Å². The van der Waals surface area contributed by atoms with Gasteiger partial charge in [-0.15, -0.1) is 11.3 Å². The van der Waals surface area contributed by atoms with Crippen LogP contribution in [0.5, 0.6) is 5.75 Å². The molecule has 3 aromatic carbocycles. The van der Waals surface area contributed by atoms with Crippen LogP contribution >= 0.6 is 73.7 Å². The molecule has 5 rings (SSSR count). The van der Waals surface area contributed by atoms with Crippen molar-refractivity contribution in [2.24, 2.45) is 4.99 Å². The Morgan fingerprint density at radius 2 is 1.75 bits per heavy atom. The van der Waals surface area contributed by atoms with E-state index >= 15 is 0 Å². The van der Waals surface area contributed by atoms with E-state index in [4.69, 9.17) is 55.9 Å². The average molecular weight is 642 g/mol. The Balaban J connectivity index is 1.50. The number of halogens is 5. The van der Waals surface area contributed by atoms with Crippen LogP contribution in [0.2, 0.25) is 20.1 Å². The second-order valence-corrected chi connectivity index (χ2v) is 11.0. The summed E-state index contributed by atoms with van der Waals surface area (Å²) in [7, 11) is 0. The number of ether oxygens (including phenoxy) is 2. The fourth-order valence-electron chi connectivity index (χ4n) is 3.37. The minimum Gasteiger partial charge on any atom is -0.422 e. The standard InChI is InChI=1S/C25H10BrCl4NO4S/c26-12-1-6-19(34-24(32)15-4-2-13(27)9-17(15)29)11(7-12)8-18-25(33)35-23(31-18)22-21(30)16-5-3-14(28)10-20(16)36-22/h1-10H/b18-8+. The molecule has 1 aliphatic heterocycles. The number of cyclic esters (lactones) is 1. The molecule has 36 heavy (non-hydrogen) atoms. The smallest absolute Gasteiger partial charge is 0.363 e. The van der Waals surface area contributed by atoms with Gasteiger partial charge in [-0.2, -0.15) is 0 Å². The maximum absolute atomic E-state index is 12.7. The van der Waals surface area contributed by atoms with Crippen LogP contribution < -0.4 is 4.74 Å². The molecule has 0 radical (unpaired) electrons. The van der Waals surface area contributed by atoms with Crippen molar-refractivity contribution in [3.05, 3.63) is 101 Å². The maximum Gasteiger partial charge on any atom is 0.363 e. The quantitative estimate of drug-likeness (QED) is 0.127. The molecular formula is C25H10BrCl4NO4S. The predicted molar refractivity (Wildman–Crippen MR) is 148 cm³/mol. The van der Waals surface area contributed by atoms with Crippen molar-refractivity contribution in [1.29, 1.82) is 0 Å². The van der Waals surface area contributed by atoms with Crippen LogP contribution in [0.3, 0.4) is 0 Å². The molecule has 2 heterocycles. The molecule has 0 unspecified atom stereocenters. The van der Waals surface area contributed by atoms with Gasteiger partial charge in [-0.3, -0.25) is 0 Å². The highest BCUT2D eigenvalue weighted by molar-refractivity contribution is 9.10. The van der Waals surface area contributed by atoms with Gasteiger partial charge in [-0.1, -0.05) is 68.4 Å². The monoisotopic (exact) mass is 639 g/mol. The Labute approximate surface area is 237 Å². The molecule has 0 fully saturated rings. The van der Waals surface area contributed by atoms with Crippen molar-refractivity contribution < 1.29 is 19.1 Å². The average Bonchev–Trinajstić information content (AvgIpc) is 3.34. The highest BCUT2D eigenvalue weighted by Gasteiger charge is 2.28. The van der Waals surface area contributed by atoms with Gasteiger partial charge in [-0.05, 0) is 54.6 Å². The third-order valence-electron chi connectivity index (χ3n) is 5.02. The van der Waals surface area contributed by atoms with Crippen LogP contribution in [0.25, 0.3) is 16.2 Å². The third kappa shape index (κ3) is 5.05. The zero-order chi connectivity index (χ0) is 25.6. The lowest BCUT2D eigenvalue weighted by Crippen LogP contribution is -2.10. The lowest BCUT2D eigenvalue weighted by molar-refractivity contribution is -0.129. The SMILES string of the molecule is O=C1OC(c2sc3cc(Cl)ccc3c2Cl)=N/C1=C/c1cc(Br)ccc1OC(=O)c1ccc(Cl)cc1Cl. The number of hydrogen-bond donors (Lipinski definition) is 0. The Morgan fingerprint density at radius 3 is 2.53 bits per heavy atom. The van der Waals surface area contributed by atoms with Crippen molar-refractivity contribution in [2.75, 3.05) is 0 Å². The molecule has 0 bridgehead atoms. The summed E-state index contributed by atoms with van der Waals surface area (Å²) in [5, 5.41) is 2.30. The molecule has 11 heteroatoms. The fraction of sp³-hybridized carbons (Fsp3) is 0. The van der Waals surface area contributed by atoms with E-state index in [0.717, 1.165) is 10.1 Å². The summed E-state index contributed by atoms with van der Waals surface area (Å²) < 4.78 is 12.5. The zero-order valence-corrected chi connectivity index (χ0v) is 23.1. The highest BCUT2D eigenvalue weighted by Crippen LogP contribution is 2.39. The zero-order valence-electron chi connectivity index (χ0n) is 17.7. The van der Waals surface area contributed by atoms with Crippen molar-refractivity contribution in [2.45, 2.75) is 0 Å². The summed E-state index contributed by atoms with van der Waals surface area (Å²) in [4.78, 5) is 30.2. The van der Waals surface area contributed by atoms with Gasteiger partial charge in [0.1, 0.15) is 10.6 Å². The van der Waals surface area contributed by atoms with Crippen LogP contribution in [-0.4, -0.2) is 17.8 Å². The van der Waals surface area contributed by atoms with Gasteiger partial charge in [0.2, 0.25) is 5.90 Å². The van der Waals surface area contributed by atoms with Crippen molar-refractivity contribution in [3.63, 3.8) is 0 Å². The number of carbonyl (C=O) groups is 2. The molecule has 5 nitrogen and oxygen atoms in total. The molecule has 0 spiro atoms. The minimum absolute atomic E-state index is 0.0106. The molecular weight excluding hydrogens is 632 g/mol. The molecule has 0 saturated heterocycles. The maximum atomic E-state index is 12.7. The van der Waals surface area contributed by atoms with Gasteiger partial charge >= 0.3 is 11.9 Å². The number of carbonyl (C=O) groups excluding carboxylic acids is 2. The molecule has 4 aromatic rings. The van der Waals surface area contributed by atoms with E-state index < -0.39 is 11.9 Å². The Hall–Kier alpha value is -2.39. The van der Waals surface area contributed by atoms with Crippen LogP contribution in [-0.2, 0) is 9.53 Å². The van der Waals surface area contributed by atoms with Crippen molar-refractivity contribution >= 4 is 108 Å². The fourth-order valence-corrected chi connectivity index (χ4v) is 5.94. The van der Waals surface area contributed by atoms with Gasteiger partial charge < -0.3 is 9.47 Å². The Morgan fingerprint density at radius 1 is 1.00 bits per heavy atom. The third-order valence-corrected chi connectivity index (χ3v) is 7.95. The number of rotatable bonds is 4. The van der Waals surface area contributed by atoms with Gasteiger partial charge in [0, 0.05) is 30.2 Å². The summed E-state index contributed by atoms with van der Waals surface area (Å²) in [6.07, 6.45) is 1.46. The number of aliphatic imine (C=N–C) groups is 1. The summed E-state index contributed by atoms with van der Waals surface area (Å²) in [5.41, 5.74) is 0.563. The highest BCUT2D eigenvalue weighted by atomic mass is 79.9. The number of hydrogen-bond acceptors (Lipinski definition) is 6. The van der Waals surface area contributed by atoms with E-state index in [9.17, 15) is 9.59 Å². The lowest BCUT2D eigenvalue weighted by Gasteiger charge is -2.09. The number of benzene rings is 3. The number of nitrogens with zero attached hydrogens (tertiary/aromatic N) is 1. The Bertz CT molecular complexity index is 1650. The topological polar surface area (TPSA) is 65.0 Å². The molecule has 0 saturated carbocycles. The number of fused-ring (bicyclic) bond motifs is 1. The molecule has 180 valence electrons. The van der Waals surface area contributed by atoms with Crippen LogP contribution in [0.4, 0.5) is 0 Å². The van der Waals surface area contributed by atoms with Crippen molar-refractivity contribution in [3.8, 4) is 5.75 Å². The first-order valence-electron chi connectivity index (χ1n) is 10.1. The normalized spacial score (nSPS) is 14.3. The number of esters is 2. The first kappa shape index (κ1) is 25.3. The number of thiophene rings is 1. The molecule has 0 aliphatic carbocycles. The molecule has 0 N–H and O–H groups in total. The first-order chi connectivity index (χ1) is 17.2. The van der Waals surface area contributed by atoms with Gasteiger partial charge in [-0.25, -0.2) is 14.6 Å². The predicted octanol–water partition coefficient (Wildman–Crippen LogP) is 8.84. The second kappa shape index (κ2) is 10.2. The first-order valence-corrected chi connectivity index (χ1v) is 13.2. The molecule has 0 atom stereocenters. The van der Waals surface area contributed by atoms with E-state index in [1.807, 2.05) is 0 Å².